The smallest absolute Gasteiger partial charge is 0.148 e. The first-order valence-electron chi connectivity index (χ1n) is 4.85. The third-order valence-electron chi connectivity index (χ3n) is 2.23. The summed E-state index contributed by atoms with van der Waals surface area (Å²) in [5, 5.41) is 7.92. The first kappa shape index (κ1) is 10.9. The second-order valence-electron chi connectivity index (χ2n) is 3.49. The average Bonchev–Trinajstić information content (AvgIpc) is 2.56. The van der Waals surface area contributed by atoms with Crippen LogP contribution in [0.5, 0.6) is 0 Å². The van der Waals surface area contributed by atoms with E-state index < -0.39 is 0 Å². The SMILES string of the molecule is Cc1nn(C)cc1CNc1ncncc1Cl. The maximum absolute atomic E-state index is 5.93. The van der Waals surface area contributed by atoms with Crippen LogP contribution in [0.2, 0.25) is 5.02 Å². The van der Waals surface area contributed by atoms with E-state index in [9.17, 15) is 0 Å². The summed E-state index contributed by atoms with van der Waals surface area (Å²) < 4.78 is 1.79. The van der Waals surface area contributed by atoms with Gasteiger partial charge in [-0.1, -0.05) is 11.6 Å². The maximum Gasteiger partial charge on any atom is 0.148 e. The van der Waals surface area contributed by atoms with E-state index in [0.29, 0.717) is 17.4 Å². The molecule has 0 bridgehead atoms. The van der Waals surface area contributed by atoms with Gasteiger partial charge in [-0.2, -0.15) is 5.10 Å². The Hall–Kier alpha value is -1.62. The summed E-state index contributed by atoms with van der Waals surface area (Å²) in [6.07, 6.45) is 4.99. The largest absolute Gasteiger partial charge is 0.365 e. The number of nitrogens with zero attached hydrogens (tertiary/aromatic N) is 4. The Morgan fingerprint density at radius 2 is 2.31 bits per heavy atom. The summed E-state index contributed by atoms with van der Waals surface area (Å²) in [7, 11) is 1.90. The zero-order valence-electron chi connectivity index (χ0n) is 9.11. The van der Waals surface area contributed by atoms with Crippen molar-refractivity contribution in [3.8, 4) is 0 Å². The van der Waals surface area contributed by atoms with Crippen LogP contribution in [0.1, 0.15) is 11.3 Å². The Labute approximate surface area is 98.5 Å². The molecule has 16 heavy (non-hydrogen) atoms. The predicted molar refractivity (Wildman–Crippen MR) is 62.3 cm³/mol. The van der Waals surface area contributed by atoms with Crippen molar-refractivity contribution in [1.29, 1.82) is 0 Å². The van der Waals surface area contributed by atoms with Gasteiger partial charge in [-0.15, -0.1) is 0 Å². The Kier molecular flexibility index (Phi) is 3.05. The van der Waals surface area contributed by atoms with Gasteiger partial charge in [-0.05, 0) is 6.92 Å². The lowest BCUT2D eigenvalue weighted by Gasteiger charge is -2.05. The van der Waals surface area contributed by atoms with E-state index in [1.54, 1.807) is 10.9 Å². The van der Waals surface area contributed by atoms with Crippen LogP contribution in [0.15, 0.2) is 18.7 Å². The predicted octanol–water partition coefficient (Wildman–Crippen LogP) is 1.78. The molecule has 0 aliphatic rings. The number of anilines is 1. The van der Waals surface area contributed by atoms with E-state index in [1.807, 2.05) is 20.2 Å². The summed E-state index contributed by atoms with van der Waals surface area (Å²) in [6, 6.07) is 0. The molecular formula is C10H12ClN5. The highest BCUT2D eigenvalue weighted by molar-refractivity contribution is 6.32. The fourth-order valence-electron chi connectivity index (χ4n) is 1.44. The minimum absolute atomic E-state index is 0.518. The van der Waals surface area contributed by atoms with E-state index in [2.05, 4.69) is 20.4 Å². The third kappa shape index (κ3) is 2.30. The van der Waals surface area contributed by atoms with Crippen LogP contribution in [0.25, 0.3) is 0 Å². The molecule has 1 N–H and O–H groups in total. The molecule has 0 aliphatic carbocycles. The van der Waals surface area contributed by atoms with Crippen molar-refractivity contribution in [2.45, 2.75) is 13.5 Å². The summed E-state index contributed by atoms with van der Waals surface area (Å²) in [5.41, 5.74) is 2.12. The monoisotopic (exact) mass is 237 g/mol. The van der Waals surface area contributed by atoms with E-state index >= 15 is 0 Å². The van der Waals surface area contributed by atoms with E-state index in [-0.39, 0.29) is 0 Å². The molecule has 0 atom stereocenters. The van der Waals surface area contributed by atoms with Gasteiger partial charge in [0.05, 0.1) is 11.9 Å². The molecule has 2 aromatic heterocycles. The van der Waals surface area contributed by atoms with Crippen molar-refractivity contribution in [2.75, 3.05) is 5.32 Å². The topological polar surface area (TPSA) is 55.6 Å². The van der Waals surface area contributed by atoms with E-state index in [1.165, 1.54) is 6.33 Å². The van der Waals surface area contributed by atoms with E-state index in [4.69, 9.17) is 11.6 Å². The normalized spacial score (nSPS) is 10.4. The number of rotatable bonds is 3. The number of hydrogen-bond acceptors (Lipinski definition) is 4. The Morgan fingerprint density at radius 1 is 1.50 bits per heavy atom. The molecule has 0 aromatic carbocycles. The van der Waals surface area contributed by atoms with Gasteiger partial charge >= 0.3 is 0 Å². The molecule has 0 spiro atoms. The number of aryl methyl sites for hydroxylation is 2. The van der Waals surface area contributed by atoms with Gasteiger partial charge < -0.3 is 5.32 Å². The molecule has 0 saturated carbocycles. The molecule has 84 valence electrons. The molecule has 0 unspecified atom stereocenters. The summed E-state index contributed by atoms with van der Waals surface area (Å²) in [6.45, 7) is 2.62. The van der Waals surface area contributed by atoms with Gasteiger partial charge in [0.1, 0.15) is 17.2 Å². The van der Waals surface area contributed by atoms with Gasteiger partial charge in [0.15, 0.2) is 0 Å². The fraction of sp³-hybridized carbons (Fsp3) is 0.300. The molecule has 0 aliphatic heterocycles. The van der Waals surface area contributed by atoms with Crippen LogP contribution < -0.4 is 5.32 Å². The van der Waals surface area contributed by atoms with E-state index in [0.717, 1.165) is 11.3 Å². The van der Waals surface area contributed by atoms with Gasteiger partial charge in [0.25, 0.3) is 0 Å². The molecule has 2 heterocycles. The molecule has 0 saturated heterocycles. The second kappa shape index (κ2) is 4.49. The molecule has 0 fully saturated rings. The summed E-state index contributed by atoms with van der Waals surface area (Å²) in [4.78, 5) is 7.87. The minimum Gasteiger partial charge on any atom is -0.365 e. The van der Waals surface area contributed by atoms with Crippen LogP contribution in [0, 0.1) is 6.92 Å². The zero-order chi connectivity index (χ0) is 11.5. The Balaban J connectivity index is 2.08. The Morgan fingerprint density at radius 3 is 2.94 bits per heavy atom. The van der Waals surface area contributed by atoms with Crippen LogP contribution in [0.3, 0.4) is 0 Å². The standard InChI is InChI=1S/C10H12ClN5/c1-7-8(5-16(2)15-7)3-13-10-9(11)4-12-6-14-10/h4-6H,3H2,1-2H3,(H,12,13,14). The molecule has 0 radical (unpaired) electrons. The molecule has 0 amide bonds. The van der Waals surface area contributed by atoms with Crippen LogP contribution >= 0.6 is 11.6 Å². The molecule has 5 nitrogen and oxygen atoms in total. The van der Waals surface area contributed by atoms with Crippen molar-refractivity contribution in [1.82, 2.24) is 19.7 Å². The van der Waals surface area contributed by atoms with Crippen molar-refractivity contribution in [3.05, 3.63) is 35.0 Å². The van der Waals surface area contributed by atoms with Crippen LogP contribution in [-0.2, 0) is 13.6 Å². The number of hydrogen-bond donors (Lipinski definition) is 1. The first-order chi connectivity index (χ1) is 7.66. The number of aromatic nitrogens is 4. The molecule has 2 aromatic rings. The van der Waals surface area contributed by atoms with Crippen LogP contribution in [0.4, 0.5) is 5.82 Å². The minimum atomic E-state index is 0.518. The quantitative estimate of drug-likeness (QED) is 0.884. The highest BCUT2D eigenvalue weighted by atomic mass is 35.5. The Bertz CT molecular complexity index is 494. The van der Waals surface area contributed by atoms with Crippen LogP contribution in [-0.4, -0.2) is 19.7 Å². The third-order valence-corrected chi connectivity index (χ3v) is 2.51. The number of nitrogens with one attached hydrogen (secondary N) is 1. The van der Waals surface area contributed by atoms with Crippen molar-refractivity contribution in [2.24, 2.45) is 7.05 Å². The number of halogens is 1. The highest BCUT2D eigenvalue weighted by Crippen LogP contribution is 2.17. The summed E-state index contributed by atoms with van der Waals surface area (Å²) >= 11 is 5.93. The molecular weight excluding hydrogens is 226 g/mol. The molecule has 6 heteroatoms. The van der Waals surface area contributed by atoms with Gasteiger partial charge in [-0.3, -0.25) is 4.68 Å². The maximum atomic E-state index is 5.93. The second-order valence-corrected chi connectivity index (χ2v) is 3.89. The lowest BCUT2D eigenvalue weighted by Crippen LogP contribution is -2.02. The lowest BCUT2D eigenvalue weighted by molar-refractivity contribution is 0.756. The van der Waals surface area contributed by atoms with Crippen molar-refractivity contribution >= 4 is 17.4 Å². The first-order valence-corrected chi connectivity index (χ1v) is 5.23. The lowest BCUT2D eigenvalue weighted by atomic mass is 10.2. The zero-order valence-corrected chi connectivity index (χ0v) is 9.86. The van der Waals surface area contributed by atoms with Gasteiger partial charge in [0, 0.05) is 25.4 Å². The molecule has 2 rings (SSSR count). The van der Waals surface area contributed by atoms with Crippen molar-refractivity contribution < 1.29 is 0 Å². The fourth-order valence-corrected chi connectivity index (χ4v) is 1.62. The van der Waals surface area contributed by atoms with Gasteiger partial charge in [0.2, 0.25) is 0 Å². The van der Waals surface area contributed by atoms with Crippen molar-refractivity contribution in [3.63, 3.8) is 0 Å². The summed E-state index contributed by atoms with van der Waals surface area (Å²) in [5.74, 6) is 0.639. The highest BCUT2D eigenvalue weighted by Gasteiger charge is 2.05. The average molecular weight is 238 g/mol. The van der Waals surface area contributed by atoms with Gasteiger partial charge in [-0.25, -0.2) is 9.97 Å².